The van der Waals surface area contributed by atoms with E-state index < -0.39 is 23.0 Å². The molecule has 3 N–H and O–H groups in total. The maximum absolute atomic E-state index is 13.5. The first-order valence-electron chi connectivity index (χ1n) is 15.7. The molecule has 1 atom stereocenters. The molecule has 0 bridgehead atoms. The van der Waals surface area contributed by atoms with Crippen molar-refractivity contribution in [1.82, 2.24) is 5.32 Å². The highest BCUT2D eigenvalue weighted by Crippen LogP contribution is 2.38. The fraction of sp³-hybridized carbons (Fsp3) is 0.243. The number of ether oxygens (including phenoxy) is 1. The topological polar surface area (TPSA) is 114 Å². The van der Waals surface area contributed by atoms with Gasteiger partial charge in [-0.15, -0.1) is 23.1 Å². The maximum Gasteiger partial charge on any atom is 0.341 e. The summed E-state index contributed by atoms with van der Waals surface area (Å²) in [6.07, 6.45) is 7.52. The smallest absolute Gasteiger partial charge is 0.341 e. The molecule has 0 aliphatic heterocycles. The Morgan fingerprint density at radius 3 is 2.38 bits per heavy atom. The summed E-state index contributed by atoms with van der Waals surface area (Å²) in [7, 11) is 1.36. The van der Waals surface area contributed by atoms with Gasteiger partial charge in [-0.3, -0.25) is 14.4 Å². The van der Waals surface area contributed by atoms with Gasteiger partial charge in [-0.05, 0) is 86.2 Å². The summed E-state index contributed by atoms with van der Waals surface area (Å²) in [6.45, 7) is 1.79. The third-order valence-electron chi connectivity index (χ3n) is 7.81. The van der Waals surface area contributed by atoms with Crippen LogP contribution in [-0.4, -0.2) is 36.1 Å². The number of amides is 3. The van der Waals surface area contributed by atoms with Crippen LogP contribution in [0.3, 0.4) is 0 Å². The quantitative estimate of drug-likeness (QED) is 0.0870. The molecule has 1 aromatic heterocycles. The number of esters is 1. The van der Waals surface area contributed by atoms with Crippen molar-refractivity contribution in [2.75, 3.05) is 17.7 Å². The highest BCUT2D eigenvalue weighted by Gasteiger charge is 2.27. The first-order chi connectivity index (χ1) is 23.2. The van der Waals surface area contributed by atoms with Crippen LogP contribution in [0.4, 0.5) is 10.7 Å². The molecule has 3 amide bonds. The standard InChI is InChI=1S/C37H36ClN3O5S2/c1-23(33(42)41-36-32(37(45)46-2)28-18-8-3-4-9-20-31(28)48-36)47-27-17-12-16-26(22-27)39-35(44)30(21-25-15-10-11-19-29(25)38)40-34(43)24-13-6-5-7-14-24/h5-7,10-17,19,21-23H,3-4,8-9,18,20H2,1-2H3,(H,39,44)(H,40,43)(H,41,42)/b30-21+. The molecule has 0 spiro atoms. The average Bonchev–Trinajstić information content (AvgIpc) is 3.40. The molecule has 1 aliphatic rings. The van der Waals surface area contributed by atoms with Crippen LogP contribution in [0.2, 0.25) is 5.02 Å². The lowest BCUT2D eigenvalue weighted by molar-refractivity contribution is -0.115. The van der Waals surface area contributed by atoms with E-state index in [1.165, 1.54) is 36.3 Å². The second-order valence-electron chi connectivity index (χ2n) is 11.2. The van der Waals surface area contributed by atoms with Crippen molar-refractivity contribution in [3.05, 3.63) is 117 Å². The molecule has 0 saturated heterocycles. The molecule has 0 radical (unpaired) electrons. The zero-order chi connectivity index (χ0) is 34.0. The summed E-state index contributed by atoms with van der Waals surface area (Å²) in [6, 6.07) is 22.7. The van der Waals surface area contributed by atoms with Crippen molar-refractivity contribution in [2.45, 2.75) is 55.6 Å². The largest absolute Gasteiger partial charge is 0.465 e. The van der Waals surface area contributed by atoms with Crippen LogP contribution in [0.15, 0.2) is 89.5 Å². The summed E-state index contributed by atoms with van der Waals surface area (Å²) >= 11 is 9.14. The Hall–Kier alpha value is -4.38. The average molecular weight is 702 g/mol. The number of thioether (sulfide) groups is 1. The number of carbonyl (C=O) groups is 4. The van der Waals surface area contributed by atoms with Crippen LogP contribution in [0.25, 0.3) is 6.08 Å². The van der Waals surface area contributed by atoms with E-state index in [-0.39, 0.29) is 11.6 Å². The Morgan fingerprint density at radius 1 is 0.896 bits per heavy atom. The van der Waals surface area contributed by atoms with Gasteiger partial charge in [0.25, 0.3) is 11.8 Å². The Bertz CT molecular complexity index is 1840. The third-order valence-corrected chi connectivity index (χ3v) is 10.5. The zero-order valence-electron chi connectivity index (χ0n) is 26.6. The Labute approximate surface area is 293 Å². The molecular weight excluding hydrogens is 666 g/mol. The monoisotopic (exact) mass is 701 g/mol. The number of hydrogen-bond donors (Lipinski definition) is 3. The molecule has 5 rings (SSSR count). The molecule has 1 unspecified atom stereocenters. The fourth-order valence-corrected chi connectivity index (χ4v) is 7.73. The molecule has 1 heterocycles. The van der Waals surface area contributed by atoms with E-state index in [9.17, 15) is 19.2 Å². The minimum absolute atomic E-state index is 0.00853. The lowest BCUT2D eigenvalue weighted by Crippen LogP contribution is -2.30. The van der Waals surface area contributed by atoms with Gasteiger partial charge in [-0.1, -0.05) is 66.9 Å². The number of rotatable bonds is 10. The van der Waals surface area contributed by atoms with Gasteiger partial charge in [0.15, 0.2) is 0 Å². The molecule has 4 aromatic rings. The summed E-state index contributed by atoms with van der Waals surface area (Å²) in [5, 5.41) is 9.00. The molecular formula is C37H36ClN3O5S2. The molecule has 1 aliphatic carbocycles. The summed E-state index contributed by atoms with van der Waals surface area (Å²) < 4.78 is 5.10. The minimum atomic E-state index is -0.546. The van der Waals surface area contributed by atoms with E-state index in [1.807, 2.05) is 6.07 Å². The van der Waals surface area contributed by atoms with Crippen LogP contribution in [0.1, 0.15) is 69.3 Å². The van der Waals surface area contributed by atoms with Crippen LogP contribution in [0, 0.1) is 0 Å². The molecule has 3 aromatic carbocycles. The lowest BCUT2D eigenvalue weighted by atomic mass is 9.96. The van der Waals surface area contributed by atoms with Crippen molar-refractivity contribution in [1.29, 1.82) is 0 Å². The number of thiophene rings is 1. The van der Waals surface area contributed by atoms with Gasteiger partial charge in [0, 0.05) is 26.0 Å². The fourth-order valence-electron chi connectivity index (χ4n) is 5.33. The van der Waals surface area contributed by atoms with E-state index in [0.29, 0.717) is 32.4 Å². The van der Waals surface area contributed by atoms with Crippen molar-refractivity contribution in [3.63, 3.8) is 0 Å². The van der Waals surface area contributed by atoms with E-state index in [1.54, 1.807) is 79.7 Å². The Balaban J connectivity index is 1.30. The van der Waals surface area contributed by atoms with Gasteiger partial charge in [0.05, 0.1) is 17.9 Å². The first-order valence-corrected chi connectivity index (χ1v) is 17.7. The second kappa shape index (κ2) is 16.6. The van der Waals surface area contributed by atoms with Crippen LogP contribution >= 0.6 is 34.7 Å². The molecule has 8 nitrogen and oxygen atoms in total. The van der Waals surface area contributed by atoms with Gasteiger partial charge in [-0.25, -0.2) is 4.79 Å². The number of halogens is 1. The molecule has 248 valence electrons. The Kier molecular flexibility index (Phi) is 12.1. The van der Waals surface area contributed by atoms with Crippen molar-refractivity contribution in [2.24, 2.45) is 0 Å². The number of nitrogens with one attached hydrogen (secondary N) is 3. The van der Waals surface area contributed by atoms with Gasteiger partial charge >= 0.3 is 5.97 Å². The molecule has 11 heteroatoms. The third kappa shape index (κ3) is 8.94. The maximum atomic E-state index is 13.5. The summed E-state index contributed by atoms with van der Waals surface area (Å²) in [5.41, 5.74) is 2.91. The molecule has 0 saturated carbocycles. The lowest BCUT2D eigenvalue weighted by Gasteiger charge is -2.14. The molecule has 0 fully saturated rings. The summed E-state index contributed by atoms with van der Waals surface area (Å²) in [4.78, 5) is 54.6. The van der Waals surface area contributed by atoms with E-state index in [0.717, 1.165) is 53.9 Å². The number of carbonyl (C=O) groups excluding carboxylic acids is 4. The van der Waals surface area contributed by atoms with Crippen molar-refractivity contribution < 1.29 is 23.9 Å². The van der Waals surface area contributed by atoms with E-state index >= 15 is 0 Å². The normalized spacial score (nSPS) is 13.7. The summed E-state index contributed by atoms with van der Waals surface area (Å²) in [5.74, 6) is -1.67. The van der Waals surface area contributed by atoms with Crippen molar-refractivity contribution >= 4 is 75.2 Å². The highest BCUT2D eigenvalue weighted by molar-refractivity contribution is 8.00. The van der Waals surface area contributed by atoms with Crippen LogP contribution < -0.4 is 16.0 Å². The predicted molar refractivity (Wildman–Crippen MR) is 194 cm³/mol. The number of anilines is 2. The highest BCUT2D eigenvalue weighted by atomic mass is 35.5. The number of hydrogen-bond acceptors (Lipinski definition) is 7. The van der Waals surface area contributed by atoms with Crippen molar-refractivity contribution in [3.8, 4) is 0 Å². The van der Waals surface area contributed by atoms with Gasteiger partial charge in [0.2, 0.25) is 5.91 Å². The second-order valence-corrected chi connectivity index (χ2v) is 14.2. The number of aryl methyl sites for hydroxylation is 1. The van der Waals surface area contributed by atoms with E-state index in [4.69, 9.17) is 16.3 Å². The van der Waals surface area contributed by atoms with Crippen LogP contribution in [-0.2, 0) is 27.2 Å². The number of benzene rings is 3. The van der Waals surface area contributed by atoms with Gasteiger partial charge < -0.3 is 20.7 Å². The number of fused-ring (bicyclic) bond motifs is 1. The zero-order valence-corrected chi connectivity index (χ0v) is 29.0. The Morgan fingerprint density at radius 2 is 1.62 bits per heavy atom. The first kappa shape index (κ1) is 34.9. The predicted octanol–water partition coefficient (Wildman–Crippen LogP) is 8.38. The van der Waals surface area contributed by atoms with Gasteiger partial charge in [-0.2, -0.15) is 0 Å². The molecule has 48 heavy (non-hydrogen) atoms. The van der Waals surface area contributed by atoms with E-state index in [2.05, 4.69) is 16.0 Å². The minimum Gasteiger partial charge on any atom is -0.465 e. The van der Waals surface area contributed by atoms with Crippen LogP contribution in [0.5, 0.6) is 0 Å². The van der Waals surface area contributed by atoms with Gasteiger partial charge in [0.1, 0.15) is 10.7 Å². The number of methoxy groups -OCH3 is 1. The SMILES string of the molecule is COC(=O)c1c(NC(=O)C(C)Sc2cccc(NC(=O)/C(=C\c3ccccc3Cl)NC(=O)c3ccccc3)c2)sc2c1CCCCCC2.